The Morgan fingerprint density at radius 1 is 1.24 bits per heavy atom. The largest absolute Gasteiger partial charge is 0.481 e. The lowest BCUT2D eigenvalue weighted by Crippen LogP contribution is -2.46. The van der Waals surface area contributed by atoms with Gasteiger partial charge in [-0.25, -0.2) is 0 Å². The molecule has 1 rings (SSSR count). The van der Waals surface area contributed by atoms with E-state index in [4.69, 9.17) is 9.84 Å². The van der Waals surface area contributed by atoms with Crippen molar-refractivity contribution in [2.75, 3.05) is 13.7 Å². The molecule has 0 aliphatic heterocycles. The number of carboxylic acid groups (broad SMARTS) is 1. The van der Waals surface area contributed by atoms with Gasteiger partial charge in [0.25, 0.3) is 5.91 Å². The Bertz CT molecular complexity index is 505. The van der Waals surface area contributed by atoms with Crippen LogP contribution < -0.4 is 0 Å². The van der Waals surface area contributed by atoms with Gasteiger partial charge < -0.3 is 14.7 Å². The minimum Gasteiger partial charge on any atom is -0.481 e. The number of ether oxygens (including phenoxy) is 1. The molecule has 116 valence electrons. The number of carbonyl (C=O) groups excluding carboxylic acids is 1. The number of nitrogens with zero attached hydrogens (tertiary/aromatic N) is 1. The lowest BCUT2D eigenvalue weighted by Gasteiger charge is -2.36. The van der Waals surface area contributed by atoms with Crippen LogP contribution in [0.1, 0.15) is 43.1 Å². The van der Waals surface area contributed by atoms with Crippen LogP contribution in [0.25, 0.3) is 0 Å². The summed E-state index contributed by atoms with van der Waals surface area (Å²) in [6.07, 6.45) is -0.0740. The predicted molar refractivity (Wildman–Crippen MR) is 80.2 cm³/mol. The highest BCUT2D eigenvalue weighted by atomic mass is 16.5. The highest BCUT2D eigenvalue weighted by Gasteiger charge is 2.28. The van der Waals surface area contributed by atoms with Crippen molar-refractivity contribution in [3.8, 4) is 0 Å². The molecule has 5 nitrogen and oxygen atoms in total. The van der Waals surface area contributed by atoms with E-state index < -0.39 is 11.5 Å². The van der Waals surface area contributed by atoms with Crippen molar-refractivity contribution < 1.29 is 19.4 Å². The lowest BCUT2D eigenvalue weighted by atomic mass is 10.0. The third kappa shape index (κ3) is 4.86. The van der Waals surface area contributed by atoms with Crippen molar-refractivity contribution >= 4 is 11.9 Å². The van der Waals surface area contributed by atoms with E-state index in [2.05, 4.69) is 0 Å². The molecule has 0 radical (unpaired) electrons. The van der Waals surface area contributed by atoms with Crippen LogP contribution in [-0.2, 0) is 16.1 Å². The molecule has 1 aromatic rings. The fourth-order valence-electron chi connectivity index (χ4n) is 2.10. The van der Waals surface area contributed by atoms with E-state index in [-0.39, 0.29) is 18.9 Å². The summed E-state index contributed by atoms with van der Waals surface area (Å²) >= 11 is 0. The third-order valence-electron chi connectivity index (χ3n) is 3.15. The molecule has 5 heteroatoms. The van der Waals surface area contributed by atoms with Crippen LogP contribution in [0.3, 0.4) is 0 Å². The van der Waals surface area contributed by atoms with Crippen molar-refractivity contribution in [1.82, 2.24) is 4.90 Å². The summed E-state index contributed by atoms with van der Waals surface area (Å²) in [5.74, 6) is -1.08. The maximum Gasteiger partial charge on any atom is 0.305 e. The van der Waals surface area contributed by atoms with E-state index in [9.17, 15) is 9.59 Å². The predicted octanol–water partition coefficient (Wildman–Crippen LogP) is 2.55. The lowest BCUT2D eigenvalue weighted by molar-refractivity contribution is -0.137. The first-order valence-electron chi connectivity index (χ1n) is 6.88. The van der Waals surface area contributed by atoms with Crippen LogP contribution in [-0.4, -0.2) is 41.1 Å². The summed E-state index contributed by atoms with van der Waals surface area (Å²) in [5.41, 5.74) is 0.904. The molecular formula is C16H23NO4. The number of amides is 1. The average Bonchev–Trinajstić information content (AvgIpc) is 2.37. The Labute approximate surface area is 125 Å². The monoisotopic (exact) mass is 293 g/mol. The van der Waals surface area contributed by atoms with Gasteiger partial charge in [0.05, 0.1) is 13.0 Å². The minimum atomic E-state index is -0.915. The second-order valence-electron chi connectivity index (χ2n) is 5.86. The number of carbonyl (C=O) groups is 2. The van der Waals surface area contributed by atoms with Gasteiger partial charge in [-0.2, -0.15) is 0 Å². The summed E-state index contributed by atoms with van der Waals surface area (Å²) in [6, 6.07) is 7.24. The number of carboxylic acids is 1. The zero-order valence-electron chi connectivity index (χ0n) is 13.0. The van der Waals surface area contributed by atoms with Crippen molar-refractivity contribution in [2.24, 2.45) is 0 Å². The van der Waals surface area contributed by atoms with Gasteiger partial charge in [0.2, 0.25) is 0 Å². The molecule has 0 aliphatic rings. The number of aliphatic carboxylic acids is 1. The van der Waals surface area contributed by atoms with E-state index in [1.165, 1.54) is 0 Å². The molecule has 1 aromatic carbocycles. The van der Waals surface area contributed by atoms with Crippen LogP contribution in [0.2, 0.25) is 0 Å². The molecule has 1 amide bonds. The zero-order valence-corrected chi connectivity index (χ0v) is 13.0. The summed E-state index contributed by atoms with van der Waals surface area (Å²) in [7, 11) is 1.58. The van der Waals surface area contributed by atoms with Gasteiger partial charge in [-0.05, 0) is 32.4 Å². The quantitative estimate of drug-likeness (QED) is 0.875. The summed E-state index contributed by atoms with van der Waals surface area (Å²) in [5, 5.41) is 8.86. The Morgan fingerprint density at radius 2 is 1.86 bits per heavy atom. The number of rotatable bonds is 6. The Hall–Kier alpha value is -1.88. The molecule has 0 heterocycles. The Balaban J connectivity index is 3.08. The molecule has 0 spiro atoms. The van der Waals surface area contributed by atoms with Crippen LogP contribution in [0.4, 0.5) is 0 Å². The normalized spacial score (nSPS) is 11.2. The first-order valence-corrected chi connectivity index (χ1v) is 6.88. The van der Waals surface area contributed by atoms with Gasteiger partial charge in [0.15, 0.2) is 0 Å². The molecule has 0 atom stereocenters. The van der Waals surface area contributed by atoms with Gasteiger partial charge in [-0.1, -0.05) is 18.2 Å². The van der Waals surface area contributed by atoms with Crippen LogP contribution in [0, 0.1) is 0 Å². The summed E-state index contributed by atoms with van der Waals surface area (Å²) in [6.45, 7) is 6.21. The highest BCUT2D eigenvalue weighted by molar-refractivity contribution is 5.96. The van der Waals surface area contributed by atoms with E-state index in [1.54, 1.807) is 24.1 Å². The molecule has 0 unspecified atom stereocenters. The van der Waals surface area contributed by atoms with Gasteiger partial charge in [-0.15, -0.1) is 0 Å². The van der Waals surface area contributed by atoms with E-state index in [0.29, 0.717) is 12.2 Å². The molecule has 1 N–H and O–H groups in total. The summed E-state index contributed by atoms with van der Waals surface area (Å²) in [4.78, 5) is 25.2. The van der Waals surface area contributed by atoms with E-state index in [0.717, 1.165) is 5.56 Å². The number of methoxy groups -OCH3 is 1. The van der Waals surface area contributed by atoms with E-state index in [1.807, 2.05) is 32.9 Å². The molecular weight excluding hydrogens is 270 g/mol. The minimum absolute atomic E-state index is 0.0740. The molecule has 0 bridgehead atoms. The molecule has 0 aliphatic carbocycles. The van der Waals surface area contributed by atoms with Crippen molar-refractivity contribution in [3.05, 3.63) is 35.4 Å². The maximum absolute atomic E-state index is 12.8. The molecule has 21 heavy (non-hydrogen) atoms. The van der Waals surface area contributed by atoms with Gasteiger partial charge >= 0.3 is 5.97 Å². The number of hydrogen-bond donors (Lipinski definition) is 1. The van der Waals surface area contributed by atoms with Crippen molar-refractivity contribution in [3.63, 3.8) is 0 Å². The van der Waals surface area contributed by atoms with Crippen molar-refractivity contribution in [2.45, 2.75) is 39.3 Å². The van der Waals surface area contributed by atoms with Crippen LogP contribution in [0.15, 0.2) is 24.3 Å². The smallest absolute Gasteiger partial charge is 0.305 e. The highest BCUT2D eigenvalue weighted by Crippen LogP contribution is 2.20. The first kappa shape index (κ1) is 17.2. The van der Waals surface area contributed by atoms with Crippen molar-refractivity contribution in [1.29, 1.82) is 0 Å². The van der Waals surface area contributed by atoms with E-state index >= 15 is 0 Å². The fraction of sp³-hybridized carbons (Fsp3) is 0.500. The molecule has 0 fully saturated rings. The first-order chi connectivity index (χ1) is 9.77. The van der Waals surface area contributed by atoms with Gasteiger partial charge in [0, 0.05) is 24.8 Å². The SMILES string of the molecule is COCc1ccccc1C(=O)N(CCC(=O)O)C(C)(C)C. The topological polar surface area (TPSA) is 66.8 Å². The van der Waals surface area contributed by atoms with Gasteiger partial charge in [-0.3, -0.25) is 9.59 Å². The second-order valence-corrected chi connectivity index (χ2v) is 5.86. The third-order valence-corrected chi connectivity index (χ3v) is 3.15. The van der Waals surface area contributed by atoms with Crippen LogP contribution in [0.5, 0.6) is 0 Å². The average molecular weight is 293 g/mol. The molecule has 0 saturated heterocycles. The van der Waals surface area contributed by atoms with Gasteiger partial charge in [0.1, 0.15) is 0 Å². The van der Waals surface area contributed by atoms with Crippen LogP contribution >= 0.6 is 0 Å². The molecule has 0 aromatic heterocycles. The second kappa shape index (κ2) is 7.22. The Morgan fingerprint density at radius 3 is 2.38 bits per heavy atom. The summed E-state index contributed by atoms with van der Waals surface area (Å²) < 4.78 is 5.12. The number of hydrogen-bond acceptors (Lipinski definition) is 3. The standard InChI is InChI=1S/C16H23NO4/c1-16(2,3)17(10-9-14(18)19)15(20)13-8-6-5-7-12(13)11-21-4/h5-8H,9-11H2,1-4H3,(H,18,19). The molecule has 0 saturated carbocycles. The maximum atomic E-state index is 12.8. The fourth-order valence-corrected chi connectivity index (χ4v) is 2.10. The number of benzene rings is 1. The zero-order chi connectivity index (χ0) is 16.0. The Kier molecular flexibility index (Phi) is 5.90.